The van der Waals surface area contributed by atoms with Gasteiger partial charge in [-0.2, -0.15) is 13.2 Å². The molecule has 34 heavy (non-hydrogen) atoms. The Morgan fingerprint density at radius 3 is 2.65 bits per heavy atom. The van der Waals surface area contributed by atoms with Crippen LogP contribution in [-0.2, 0) is 17.8 Å². The molecule has 0 saturated heterocycles. The number of pyridine rings is 1. The van der Waals surface area contributed by atoms with Crippen LogP contribution in [0, 0.1) is 12.9 Å². The van der Waals surface area contributed by atoms with Crippen molar-refractivity contribution in [2.45, 2.75) is 26.5 Å². The van der Waals surface area contributed by atoms with E-state index >= 15 is 0 Å². The Morgan fingerprint density at radius 2 is 1.94 bits per heavy atom. The summed E-state index contributed by atoms with van der Waals surface area (Å²) in [5.41, 5.74) is 2.98. The van der Waals surface area contributed by atoms with E-state index in [4.69, 9.17) is 0 Å². The lowest BCUT2D eigenvalue weighted by molar-refractivity contribution is -0.117. The van der Waals surface area contributed by atoms with E-state index in [2.05, 4.69) is 24.8 Å². The average Bonchev–Trinajstić information content (AvgIpc) is 3.31. The first-order chi connectivity index (χ1) is 16.4. The van der Waals surface area contributed by atoms with Crippen LogP contribution in [0.1, 0.15) is 16.8 Å². The van der Waals surface area contributed by atoms with Crippen molar-refractivity contribution in [1.29, 1.82) is 0 Å². The molecule has 0 fully saturated rings. The van der Waals surface area contributed by atoms with Crippen LogP contribution in [0.15, 0.2) is 54.9 Å². The molecule has 0 aliphatic carbocycles. The number of amides is 1. The zero-order chi connectivity index (χ0) is 23.8. The van der Waals surface area contributed by atoms with Crippen molar-refractivity contribution in [2.24, 2.45) is 0 Å². The summed E-state index contributed by atoms with van der Waals surface area (Å²) in [4.78, 5) is 26.7. The van der Waals surface area contributed by atoms with E-state index in [0.717, 1.165) is 5.56 Å². The number of hydrogen-bond donors (Lipinski definition) is 0. The SMILES string of the molecule is Cc1cc(F)nn1-c1ccc(CN2C(=O)Cc3cnc(-c4cccnc4OC(F)F)nc32)cc1. The molecular weight excluding hydrogens is 449 g/mol. The topological polar surface area (TPSA) is 86.0 Å². The molecule has 4 heterocycles. The Kier molecular flexibility index (Phi) is 5.44. The maximum absolute atomic E-state index is 13.4. The van der Waals surface area contributed by atoms with Gasteiger partial charge in [0.2, 0.25) is 17.7 Å². The number of benzene rings is 1. The van der Waals surface area contributed by atoms with E-state index in [1.54, 1.807) is 25.1 Å². The van der Waals surface area contributed by atoms with E-state index in [0.29, 0.717) is 22.8 Å². The third kappa shape index (κ3) is 4.07. The molecule has 1 aliphatic rings. The highest BCUT2D eigenvalue weighted by Gasteiger charge is 2.30. The van der Waals surface area contributed by atoms with Crippen molar-refractivity contribution in [1.82, 2.24) is 24.7 Å². The van der Waals surface area contributed by atoms with Gasteiger partial charge < -0.3 is 4.74 Å². The minimum absolute atomic E-state index is 0.119. The molecule has 0 bridgehead atoms. The highest BCUT2D eigenvalue weighted by atomic mass is 19.3. The third-order valence-electron chi connectivity index (χ3n) is 5.33. The van der Waals surface area contributed by atoms with Crippen LogP contribution in [0.5, 0.6) is 5.88 Å². The minimum Gasteiger partial charge on any atom is -0.416 e. The van der Waals surface area contributed by atoms with Crippen LogP contribution in [-0.4, -0.2) is 37.3 Å². The Morgan fingerprint density at radius 1 is 1.15 bits per heavy atom. The first-order valence-corrected chi connectivity index (χ1v) is 10.3. The average molecular weight is 466 g/mol. The molecule has 1 aliphatic heterocycles. The van der Waals surface area contributed by atoms with Gasteiger partial charge in [-0.05, 0) is 36.8 Å². The number of fused-ring (bicyclic) bond motifs is 1. The largest absolute Gasteiger partial charge is 0.416 e. The maximum Gasteiger partial charge on any atom is 0.388 e. The van der Waals surface area contributed by atoms with Crippen molar-refractivity contribution < 1.29 is 22.7 Å². The summed E-state index contributed by atoms with van der Waals surface area (Å²) in [6.07, 6.45) is 2.97. The fraction of sp³-hybridized carbons (Fsp3) is 0.174. The van der Waals surface area contributed by atoms with Gasteiger partial charge in [-0.25, -0.2) is 19.6 Å². The lowest BCUT2D eigenvalue weighted by atomic mass is 10.2. The van der Waals surface area contributed by atoms with Crippen LogP contribution in [0.25, 0.3) is 17.1 Å². The highest BCUT2D eigenvalue weighted by molar-refractivity contribution is 6.00. The number of carbonyl (C=O) groups excluding carboxylic acids is 1. The lowest BCUT2D eigenvalue weighted by Gasteiger charge is -2.17. The predicted octanol–water partition coefficient (Wildman–Crippen LogP) is 3.86. The van der Waals surface area contributed by atoms with Crippen molar-refractivity contribution >= 4 is 11.7 Å². The van der Waals surface area contributed by atoms with Crippen LogP contribution in [0.3, 0.4) is 0 Å². The van der Waals surface area contributed by atoms with E-state index in [1.807, 2.05) is 12.1 Å². The minimum atomic E-state index is -3.05. The lowest BCUT2D eigenvalue weighted by Crippen LogP contribution is -2.26. The van der Waals surface area contributed by atoms with Gasteiger partial charge in [-0.3, -0.25) is 9.69 Å². The second kappa shape index (κ2) is 8.58. The van der Waals surface area contributed by atoms with E-state index < -0.39 is 12.6 Å². The fourth-order valence-electron chi connectivity index (χ4n) is 3.79. The number of alkyl halides is 2. The Labute approximate surface area is 191 Å². The van der Waals surface area contributed by atoms with Gasteiger partial charge in [0, 0.05) is 29.7 Å². The van der Waals surface area contributed by atoms with Crippen LogP contribution in [0.2, 0.25) is 0 Å². The number of hydrogen-bond acceptors (Lipinski definition) is 6. The molecule has 5 rings (SSSR count). The molecule has 0 spiro atoms. The molecule has 0 atom stereocenters. The number of aryl methyl sites for hydroxylation is 1. The summed E-state index contributed by atoms with van der Waals surface area (Å²) in [5, 5.41) is 3.82. The van der Waals surface area contributed by atoms with E-state index in [-0.39, 0.29) is 36.1 Å². The Hall–Kier alpha value is -4.28. The monoisotopic (exact) mass is 466 g/mol. The number of ether oxygens (including phenoxy) is 1. The maximum atomic E-state index is 13.4. The number of rotatable bonds is 6. The number of nitrogens with zero attached hydrogens (tertiary/aromatic N) is 6. The van der Waals surface area contributed by atoms with Gasteiger partial charge in [-0.15, -0.1) is 5.10 Å². The van der Waals surface area contributed by atoms with Crippen LogP contribution >= 0.6 is 0 Å². The summed E-state index contributed by atoms with van der Waals surface area (Å²) in [6, 6.07) is 11.6. The first-order valence-electron chi connectivity index (χ1n) is 10.3. The molecule has 11 heteroatoms. The van der Waals surface area contributed by atoms with Crippen molar-refractivity contribution in [3.05, 3.63) is 77.6 Å². The van der Waals surface area contributed by atoms with Gasteiger partial charge in [0.25, 0.3) is 0 Å². The molecule has 0 saturated carbocycles. The molecular formula is C23H17F3N6O2. The van der Waals surface area contributed by atoms with Crippen LogP contribution in [0.4, 0.5) is 19.0 Å². The zero-order valence-electron chi connectivity index (χ0n) is 17.8. The number of carbonyl (C=O) groups is 1. The van der Waals surface area contributed by atoms with Gasteiger partial charge in [-0.1, -0.05) is 12.1 Å². The van der Waals surface area contributed by atoms with E-state index in [9.17, 15) is 18.0 Å². The highest BCUT2D eigenvalue weighted by Crippen LogP contribution is 2.32. The quantitative estimate of drug-likeness (QED) is 0.429. The summed E-state index contributed by atoms with van der Waals surface area (Å²) >= 11 is 0. The van der Waals surface area contributed by atoms with Gasteiger partial charge in [0.1, 0.15) is 5.82 Å². The fourth-order valence-corrected chi connectivity index (χ4v) is 3.79. The molecule has 0 radical (unpaired) electrons. The summed E-state index contributed by atoms with van der Waals surface area (Å²) in [6.45, 7) is -1.06. The zero-order valence-corrected chi connectivity index (χ0v) is 17.8. The summed E-state index contributed by atoms with van der Waals surface area (Å²) in [7, 11) is 0. The van der Waals surface area contributed by atoms with Crippen LogP contribution < -0.4 is 9.64 Å². The molecule has 0 unspecified atom stereocenters. The van der Waals surface area contributed by atoms with Crippen molar-refractivity contribution in [3.8, 4) is 23.0 Å². The summed E-state index contributed by atoms with van der Waals surface area (Å²) in [5.74, 6) is -0.503. The Balaban J connectivity index is 1.43. The van der Waals surface area contributed by atoms with Gasteiger partial charge in [0.05, 0.1) is 24.2 Å². The number of halogens is 3. The van der Waals surface area contributed by atoms with Gasteiger partial charge in [0.15, 0.2) is 5.82 Å². The van der Waals surface area contributed by atoms with Crippen molar-refractivity contribution in [2.75, 3.05) is 4.90 Å². The third-order valence-corrected chi connectivity index (χ3v) is 5.33. The number of anilines is 1. The number of aromatic nitrogens is 5. The van der Waals surface area contributed by atoms with Gasteiger partial charge >= 0.3 is 6.61 Å². The molecule has 3 aromatic heterocycles. The molecule has 0 N–H and O–H groups in total. The second-order valence-corrected chi connectivity index (χ2v) is 7.62. The van der Waals surface area contributed by atoms with Crippen molar-refractivity contribution in [3.63, 3.8) is 0 Å². The standard InChI is InChI=1S/C23H17F3N6O2/c1-13-9-18(24)30-32(13)16-6-4-14(5-7-16)12-31-19(33)10-15-11-28-20(29-21(15)31)17-3-2-8-27-22(17)34-23(25)26/h2-9,11,23H,10,12H2,1H3. The second-order valence-electron chi connectivity index (χ2n) is 7.62. The molecule has 1 amide bonds. The van der Waals surface area contributed by atoms with E-state index in [1.165, 1.54) is 34.1 Å². The molecule has 1 aromatic carbocycles. The predicted molar refractivity (Wildman–Crippen MR) is 115 cm³/mol. The Bertz CT molecular complexity index is 1370. The molecule has 8 nitrogen and oxygen atoms in total. The molecule has 172 valence electrons. The molecule has 4 aromatic rings. The normalized spacial score (nSPS) is 13.0. The first kappa shape index (κ1) is 21.6. The summed E-state index contributed by atoms with van der Waals surface area (Å²) < 4.78 is 44.9. The smallest absolute Gasteiger partial charge is 0.388 e.